The number of benzene rings is 2. The van der Waals surface area contributed by atoms with Gasteiger partial charge in [0.05, 0.1) is 0 Å². The van der Waals surface area contributed by atoms with Crippen LogP contribution in [0.25, 0.3) is 0 Å². The highest BCUT2D eigenvalue weighted by molar-refractivity contribution is 9.10. The van der Waals surface area contributed by atoms with E-state index in [9.17, 15) is 14.4 Å². The molecule has 3 rings (SSSR count). The second-order valence-electron chi connectivity index (χ2n) is 6.19. The van der Waals surface area contributed by atoms with Crippen molar-refractivity contribution in [3.8, 4) is 0 Å². The van der Waals surface area contributed by atoms with Crippen LogP contribution < -0.4 is 5.32 Å². The summed E-state index contributed by atoms with van der Waals surface area (Å²) in [6.45, 7) is 0.508. The Balaban J connectivity index is 1.43. The summed E-state index contributed by atoms with van der Waals surface area (Å²) in [6, 6.07) is 14.8. The average molecular weight is 431 g/mol. The molecule has 0 aliphatic carbocycles. The van der Waals surface area contributed by atoms with Crippen molar-refractivity contribution in [2.75, 3.05) is 19.7 Å². The first-order valence-corrected chi connectivity index (χ1v) is 9.36. The number of carbonyl (C=O) groups excluding carboxylic acids is 3. The Morgan fingerprint density at radius 2 is 1.85 bits per heavy atom. The van der Waals surface area contributed by atoms with Gasteiger partial charge in [0.15, 0.2) is 6.61 Å². The lowest BCUT2D eigenvalue weighted by atomic mass is 10.00. The third kappa shape index (κ3) is 5.17. The molecule has 27 heavy (non-hydrogen) atoms. The third-order valence-corrected chi connectivity index (χ3v) is 4.81. The summed E-state index contributed by atoms with van der Waals surface area (Å²) in [5.41, 5.74) is 2.79. The molecule has 140 valence electrons. The van der Waals surface area contributed by atoms with E-state index in [0.717, 1.165) is 16.5 Å². The fourth-order valence-corrected chi connectivity index (χ4v) is 3.28. The molecule has 2 aromatic rings. The molecule has 0 bridgehead atoms. The second-order valence-corrected chi connectivity index (χ2v) is 7.10. The quantitative estimate of drug-likeness (QED) is 0.738. The van der Waals surface area contributed by atoms with E-state index in [1.165, 1.54) is 5.56 Å². The van der Waals surface area contributed by atoms with E-state index in [0.29, 0.717) is 18.7 Å². The van der Waals surface area contributed by atoms with Crippen LogP contribution in [0, 0.1) is 0 Å². The van der Waals surface area contributed by atoms with Gasteiger partial charge >= 0.3 is 5.97 Å². The highest BCUT2D eigenvalue weighted by Crippen LogP contribution is 2.18. The number of rotatable bonds is 5. The molecule has 1 aliphatic rings. The number of nitrogens with zero attached hydrogens (tertiary/aromatic N) is 1. The molecule has 0 aromatic heterocycles. The first kappa shape index (κ1) is 19.1. The van der Waals surface area contributed by atoms with E-state index in [1.807, 2.05) is 18.2 Å². The Hall–Kier alpha value is -2.67. The molecule has 7 heteroatoms. The minimum atomic E-state index is -0.649. The largest absolute Gasteiger partial charge is 0.454 e. The van der Waals surface area contributed by atoms with Crippen molar-refractivity contribution in [3.63, 3.8) is 0 Å². The molecule has 1 N–H and O–H groups in total. The van der Waals surface area contributed by atoms with Crippen LogP contribution in [0.2, 0.25) is 0 Å². The zero-order valence-corrected chi connectivity index (χ0v) is 16.2. The number of halogens is 1. The Kier molecular flexibility index (Phi) is 6.24. The van der Waals surface area contributed by atoms with E-state index in [1.54, 1.807) is 29.2 Å². The average Bonchev–Trinajstić information content (AvgIpc) is 2.69. The topological polar surface area (TPSA) is 75.7 Å². The van der Waals surface area contributed by atoms with Crippen LogP contribution in [-0.2, 0) is 27.3 Å². The predicted molar refractivity (Wildman–Crippen MR) is 103 cm³/mol. The monoisotopic (exact) mass is 430 g/mol. The zero-order chi connectivity index (χ0) is 19.2. The molecule has 1 aliphatic heterocycles. The number of nitrogens with one attached hydrogen (secondary N) is 1. The van der Waals surface area contributed by atoms with Gasteiger partial charge in [-0.25, -0.2) is 0 Å². The van der Waals surface area contributed by atoms with Crippen LogP contribution in [0.5, 0.6) is 0 Å². The van der Waals surface area contributed by atoms with Crippen molar-refractivity contribution < 1.29 is 19.1 Å². The summed E-state index contributed by atoms with van der Waals surface area (Å²) in [5, 5.41) is 2.48. The summed E-state index contributed by atoms with van der Waals surface area (Å²) in [6.07, 6.45) is 0.790. The maximum absolute atomic E-state index is 12.3. The lowest BCUT2D eigenvalue weighted by Gasteiger charge is -2.28. The van der Waals surface area contributed by atoms with Crippen LogP contribution >= 0.6 is 15.9 Å². The molecule has 0 unspecified atom stereocenters. The molecule has 0 saturated heterocycles. The van der Waals surface area contributed by atoms with Gasteiger partial charge in [0.25, 0.3) is 11.8 Å². The first-order chi connectivity index (χ1) is 13.0. The van der Waals surface area contributed by atoms with Crippen LogP contribution in [0.3, 0.4) is 0 Å². The fraction of sp³-hybridized carbons (Fsp3) is 0.250. The number of hydrogen-bond donors (Lipinski definition) is 1. The van der Waals surface area contributed by atoms with Gasteiger partial charge in [-0.05, 0) is 35.7 Å². The van der Waals surface area contributed by atoms with Gasteiger partial charge in [0.2, 0.25) is 0 Å². The molecule has 0 atom stereocenters. The summed E-state index contributed by atoms with van der Waals surface area (Å²) < 4.78 is 5.77. The highest BCUT2D eigenvalue weighted by atomic mass is 79.9. The summed E-state index contributed by atoms with van der Waals surface area (Å²) in [5.74, 6) is -1.27. The minimum absolute atomic E-state index is 0.240. The normalized spacial score (nSPS) is 12.9. The predicted octanol–water partition coefficient (Wildman–Crippen LogP) is 2.31. The van der Waals surface area contributed by atoms with Crippen LogP contribution in [0.4, 0.5) is 0 Å². The van der Waals surface area contributed by atoms with Gasteiger partial charge in [0, 0.05) is 23.1 Å². The van der Waals surface area contributed by atoms with Gasteiger partial charge in [-0.2, -0.15) is 0 Å². The molecule has 6 nitrogen and oxygen atoms in total. The van der Waals surface area contributed by atoms with Crippen molar-refractivity contribution >= 4 is 33.7 Å². The molecule has 1 heterocycles. The second kappa shape index (κ2) is 8.81. The molecule has 2 amide bonds. The molecule has 0 spiro atoms. The Morgan fingerprint density at radius 1 is 1.07 bits per heavy atom. The molecule has 0 saturated carbocycles. The van der Waals surface area contributed by atoms with Gasteiger partial charge in [-0.1, -0.05) is 46.3 Å². The van der Waals surface area contributed by atoms with E-state index in [2.05, 4.69) is 27.3 Å². The van der Waals surface area contributed by atoms with E-state index in [-0.39, 0.29) is 25.0 Å². The molecule has 0 fully saturated rings. The lowest BCUT2D eigenvalue weighted by molar-refractivity contribution is -0.151. The molecule has 2 aromatic carbocycles. The zero-order valence-electron chi connectivity index (χ0n) is 14.6. The number of amides is 2. The van der Waals surface area contributed by atoms with Crippen LogP contribution in [0.1, 0.15) is 21.5 Å². The number of fused-ring (bicyclic) bond motifs is 1. The van der Waals surface area contributed by atoms with Crippen molar-refractivity contribution in [2.24, 2.45) is 0 Å². The van der Waals surface area contributed by atoms with Gasteiger partial charge in [0.1, 0.15) is 6.54 Å². The maximum Gasteiger partial charge on any atom is 0.325 e. The number of esters is 1. The number of carbonyl (C=O) groups is 3. The van der Waals surface area contributed by atoms with E-state index >= 15 is 0 Å². The van der Waals surface area contributed by atoms with Crippen molar-refractivity contribution in [1.82, 2.24) is 10.2 Å². The van der Waals surface area contributed by atoms with Crippen molar-refractivity contribution in [3.05, 3.63) is 69.7 Å². The Labute approximate surface area is 165 Å². The molecular formula is C20H19BrN2O4. The molecule has 0 radical (unpaired) electrons. The van der Waals surface area contributed by atoms with Gasteiger partial charge in [-0.3, -0.25) is 14.4 Å². The summed E-state index contributed by atoms with van der Waals surface area (Å²) in [4.78, 5) is 37.7. The maximum atomic E-state index is 12.3. The SMILES string of the molecule is O=C(CNC(=O)c1cccc(Br)c1)OCC(=O)N1CCc2ccccc2C1. The highest BCUT2D eigenvalue weighted by Gasteiger charge is 2.21. The van der Waals surface area contributed by atoms with Crippen LogP contribution in [-0.4, -0.2) is 42.4 Å². The Bertz CT molecular complexity index is 869. The number of hydrogen-bond acceptors (Lipinski definition) is 4. The lowest BCUT2D eigenvalue weighted by Crippen LogP contribution is -2.39. The third-order valence-electron chi connectivity index (χ3n) is 4.32. The van der Waals surface area contributed by atoms with E-state index < -0.39 is 5.97 Å². The summed E-state index contributed by atoms with van der Waals surface area (Å²) in [7, 11) is 0. The molecular weight excluding hydrogens is 412 g/mol. The minimum Gasteiger partial charge on any atom is -0.454 e. The van der Waals surface area contributed by atoms with Crippen molar-refractivity contribution in [1.29, 1.82) is 0 Å². The first-order valence-electron chi connectivity index (χ1n) is 8.57. The smallest absolute Gasteiger partial charge is 0.325 e. The van der Waals surface area contributed by atoms with Crippen LogP contribution in [0.15, 0.2) is 53.0 Å². The summed E-state index contributed by atoms with van der Waals surface area (Å²) >= 11 is 3.29. The fourth-order valence-electron chi connectivity index (χ4n) is 2.88. The van der Waals surface area contributed by atoms with Gasteiger partial charge in [-0.15, -0.1) is 0 Å². The number of ether oxygens (including phenoxy) is 1. The van der Waals surface area contributed by atoms with E-state index in [4.69, 9.17) is 4.74 Å². The standard InChI is InChI=1S/C20H19BrN2O4/c21-17-7-3-6-15(10-17)20(26)22-11-19(25)27-13-18(24)23-9-8-14-4-1-2-5-16(14)12-23/h1-7,10H,8-9,11-13H2,(H,22,26). The van der Waals surface area contributed by atoms with Crippen molar-refractivity contribution in [2.45, 2.75) is 13.0 Å². The van der Waals surface area contributed by atoms with Gasteiger partial charge < -0.3 is 15.0 Å². The Morgan fingerprint density at radius 3 is 2.63 bits per heavy atom.